The zero-order valence-corrected chi connectivity index (χ0v) is 14.9. The van der Waals surface area contributed by atoms with Gasteiger partial charge in [0.15, 0.2) is 5.96 Å². The van der Waals surface area contributed by atoms with Crippen LogP contribution in [0, 0.1) is 0 Å². The van der Waals surface area contributed by atoms with Gasteiger partial charge < -0.3 is 10.6 Å². The number of hydrogen-bond donors (Lipinski definition) is 2. The van der Waals surface area contributed by atoms with Crippen molar-refractivity contribution in [2.45, 2.75) is 33.2 Å². The van der Waals surface area contributed by atoms with E-state index in [2.05, 4.69) is 65.9 Å². The molecule has 0 aromatic heterocycles. The van der Waals surface area contributed by atoms with E-state index in [0.29, 0.717) is 0 Å². The molecule has 0 saturated carbocycles. The average molecular weight is 387 g/mol. The summed E-state index contributed by atoms with van der Waals surface area (Å²) in [5.74, 6) is 0.878. The van der Waals surface area contributed by atoms with Crippen molar-refractivity contribution in [2.75, 3.05) is 13.1 Å². The van der Waals surface area contributed by atoms with Crippen molar-refractivity contribution in [2.24, 2.45) is 4.99 Å². The molecule has 0 aliphatic heterocycles. The maximum atomic E-state index is 4.56. The van der Waals surface area contributed by atoms with Crippen molar-refractivity contribution in [3.8, 4) is 0 Å². The van der Waals surface area contributed by atoms with Gasteiger partial charge in [0.25, 0.3) is 0 Å². The number of nitrogens with zero attached hydrogens (tertiary/aromatic N) is 1. The third-order valence-electron chi connectivity index (χ3n) is 2.80. The Balaban J connectivity index is 0.00000361. The molecule has 20 heavy (non-hydrogen) atoms. The van der Waals surface area contributed by atoms with Crippen LogP contribution in [0.1, 0.15) is 38.8 Å². The summed E-state index contributed by atoms with van der Waals surface area (Å²) in [5.41, 5.74) is 1.27. The number of nitrogens with one attached hydrogen (secondary N) is 2. The number of benzene rings is 1. The molecule has 0 heterocycles. The number of aliphatic imine (C=N–C) groups is 1. The zero-order valence-electron chi connectivity index (χ0n) is 12.6. The molecule has 0 aliphatic carbocycles. The van der Waals surface area contributed by atoms with Crippen LogP contribution < -0.4 is 10.6 Å². The van der Waals surface area contributed by atoms with E-state index in [0.717, 1.165) is 25.5 Å². The van der Waals surface area contributed by atoms with Gasteiger partial charge in [0.2, 0.25) is 0 Å². The molecule has 2 N–H and O–H groups in total. The molecule has 0 fully saturated rings. The minimum Gasteiger partial charge on any atom is -0.357 e. The molecule has 1 unspecified atom stereocenters. The quantitative estimate of drug-likeness (QED) is 0.256. The smallest absolute Gasteiger partial charge is 0.191 e. The van der Waals surface area contributed by atoms with Crippen LogP contribution in [0.5, 0.6) is 0 Å². The van der Waals surface area contributed by atoms with Gasteiger partial charge in [0.05, 0.1) is 6.04 Å². The molecule has 1 atom stereocenters. The second-order valence-corrected chi connectivity index (χ2v) is 4.40. The summed E-state index contributed by atoms with van der Waals surface area (Å²) in [4.78, 5) is 4.56. The van der Waals surface area contributed by atoms with Gasteiger partial charge in [-0.15, -0.1) is 24.0 Å². The lowest BCUT2D eigenvalue weighted by Gasteiger charge is -2.18. The van der Waals surface area contributed by atoms with E-state index < -0.39 is 0 Å². The van der Waals surface area contributed by atoms with Crippen molar-refractivity contribution in [1.29, 1.82) is 0 Å². The van der Waals surface area contributed by atoms with Gasteiger partial charge in [0, 0.05) is 13.1 Å². The largest absolute Gasteiger partial charge is 0.357 e. The van der Waals surface area contributed by atoms with Gasteiger partial charge in [-0.25, -0.2) is 0 Å². The van der Waals surface area contributed by atoms with Crippen LogP contribution in [0.25, 0.3) is 0 Å². The fourth-order valence-electron chi connectivity index (χ4n) is 1.77. The molecule has 0 saturated heterocycles. The molecular formula is C16H26IN3. The molecule has 1 aromatic rings. The highest BCUT2D eigenvalue weighted by Gasteiger charge is 2.06. The minimum atomic E-state index is 0. The molecule has 3 nitrogen and oxygen atoms in total. The van der Waals surface area contributed by atoms with E-state index in [1.54, 1.807) is 0 Å². The van der Waals surface area contributed by atoms with Gasteiger partial charge in [-0.1, -0.05) is 42.5 Å². The first-order valence-electron chi connectivity index (χ1n) is 6.98. The molecule has 0 spiro atoms. The molecule has 0 bridgehead atoms. The van der Waals surface area contributed by atoms with Gasteiger partial charge >= 0.3 is 0 Å². The normalized spacial score (nSPS) is 12.8. The third kappa shape index (κ3) is 7.53. The molecule has 0 amide bonds. The Morgan fingerprint density at radius 3 is 2.60 bits per heavy atom. The second kappa shape index (κ2) is 11.8. The van der Waals surface area contributed by atoms with Crippen molar-refractivity contribution in [3.63, 3.8) is 0 Å². The summed E-state index contributed by atoms with van der Waals surface area (Å²) >= 11 is 0. The fourth-order valence-corrected chi connectivity index (χ4v) is 1.77. The summed E-state index contributed by atoms with van der Waals surface area (Å²) in [5, 5.41) is 6.70. The average Bonchev–Trinajstić information content (AvgIpc) is 2.44. The van der Waals surface area contributed by atoms with E-state index in [4.69, 9.17) is 0 Å². The van der Waals surface area contributed by atoms with Crippen LogP contribution in [0.15, 0.2) is 47.5 Å². The van der Waals surface area contributed by atoms with Crippen LogP contribution in [-0.2, 0) is 0 Å². The summed E-state index contributed by atoms with van der Waals surface area (Å²) < 4.78 is 0. The maximum absolute atomic E-state index is 4.56. The van der Waals surface area contributed by atoms with E-state index >= 15 is 0 Å². The molecule has 1 rings (SSSR count). The highest BCUT2D eigenvalue weighted by molar-refractivity contribution is 14.0. The Morgan fingerprint density at radius 2 is 2.00 bits per heavy atom. The lowest BCUT2D eigenvalue weighted by Crippen LogP contribution is -2.38. The second-order valence-electron chi connectivity index (χ2n) is 4.40. The van der Waals surface area contributed by atoms with Gasteiger partial charge in [-0.3, -0.25) is 4.99 Å². The SMILES string of the molecule is CC=CCCN=C(NCC)NC(C)c1ccccc1.I. The summed E-state index contributed by atoms with van der Waals surface area (Å²) in [7, 11) is 0. The van der Waals surface area contributed by atoms with Crippen LogP contribution in [0.3, 0.4) is 0 Å². The Bertz CT molecular complexity index is 401. The topological polar surface area (TPSA) is 36.4 Å². The van der Waals surface area contributed by atoms with E-state index in [1.807, 2.05) is 13.0 Å². The van der Waals surface area contributed by atoms with E-state index in [-0.39, 0.29) is 30.0 Å². The van der Waals surface area contributed by atoms with Crippen LogP contribution >= 0.6 is 24.0 Å². The van der Waals surface area contributed by atoms with E-state index in [9.17, 15) is 0 Å². The molecule has 0 radical (unpaired) electrons. The van der Waals surface area contributed by atoms with Crippen molar-refractivity contribution in [1.82, 2.24) is 10.6 Å². The standard InChI is InChI=1S/C16H25N3.HI/c1-4-6-10-13-18-16(17-5-2)19-14(3)15-11-8-7-9-12-15;/h4,6-9,11-12,14H,5,10,13H2,1-3H3,(H2,17,18,19);1H. The summed E-state index contributed by atoms with van der Waals surface area (Å²) in [6, 6.07) is 10.7. The van der Waals surface area contributed by atoms with Crippen LogP contribution in [0.2, 0.25) is 0 Å². The first kappa shape index (κ1) is 19.0. The van der Waals surface area contributed by atoms with Crippen LogP contribution in [-0.4, -0.2) is 19.0 Å². The predicted octanol–water partition coefficient (Wildman–Crippen LogP) is 3.89. The van der Waals surface area contributed by atoms with Gasteiger partial charge in [0.1, 0.15) is 0 Å². The lowest BCUT2D eigenvalue weighted by molar-refractivity contribution is 0.686. The molecular weight excluding hydrogens is 361 g/mol. The highest BCUT2D eigenvalue weighted by Crippen LogP contribution is 2.10. The van der Waals surface area contributed by atoms with Gasteiger partial charge in [-0.05, 0) is 32.8 Å². The summed E-state index contributed by atoms with van der Waals surface area (Å²) in [6.45, 7) is 7.94. The van der Waals surface area contributed by atoms with Crippen molar-refractivity contribution >= 4 is 29.9 Å². The number of halogens is 1. The predicted molar refractivity (Wildman–Crippen MR) is 98.8 cm³/mol. The lowest BCUT2D eigenvalue weighted by atomic mass is 10.1. The molecule has 0 aliphatic rings. The van der Waals surface area contributed by atoms with Gasteiger partial charge in [-0.2, -0.15) is 0 Å². The number of allylic oxidation sites excluding steroid dienone is 1. The zero-order chi connectivity index (χ0) is 13.9. The Morgan fingerprint density at radius 1 is 1.30 bits per heavy atom. The summed E-state index contributed by atoms with van der Waals surface area (Å²) in [6.07, 6.45) is 5.17. The number of hydrogen-bond acceptors (Lipinski definition) is 1. The van der Waals surface area contributed by atoms with Crippen molar-refractivity contribution in [3.05, 3.63) is 48.0 Å². The highest BCUT2D eigenvalue weighted by atomic mass is 127. The van der Waals surface area contributed by atoms with E-state index in [1.165, 1.54) is 5.56 Å². The Hall–Kier alpha value is -1.04. The monoisotopic (exact) mass is 387 g/mol. The first-order valence-corrected chi connectivity index (χ1v) is 6.98. The molecule has 4 heteroatoms. The van der Waals surface area contributed by atoms with Crippen molar-refractivity contribution < 1.29 is 0 Å². The molecule has 112 valence electrons. The fraction of sp³-hybridized carbons (Fsp3) is 0.438. The minimum absolute atomic E-state index is 0. The van der Waals surface area contributed by atoms with Crippen LogP contribution in [0.4, 0.5) is 0 Å². The molecule has 1 aromatic carbocycles. The third-order valence-corrected chi connectivity index (χ3v) is 2.80. The number of guanidine groups is 1. The Labute approximate surface area is 140 Å². The maximum Gasteiger partial charge on any atom is 0.191 e. The number of rotatable bonds is 6. The first-order chi connectivity index (χ1) is 9.27. The Kier molecular flexibility index (Phi) is 11.1.